The van der Waals surface area contributed by atoms with Gasteiger partial charge < -0.3 is 9.84 Å². The van der Waals surface area contributed by atoms with Crippen LogP contribution >= 0.6 is 0 Å². The van der Waals surface area contributed by atoms with Crippen molar-refractivity contribution in [3.63, 3.8) is 0 Å². The van der Waals surface area contributed by atoms with Gasteiger partial charge >= 0.3 is 0 Å². The smallest absolute Gasteiger partial charge is 0.227 e. The van der Waals surface area contributed by atoms with Gasteiger partial charge in [0.2, 0.25) is 11.7 Å². The normalized spacial score (nSPS) is 12.0. The minimum Gasteiger partial charge on any atom is -0.373 e. The molecule has 2 aromatic carbocycles. The van der Waals surface area contributed by atoms with E-state index in [1.165, 1.54) is 12.1 Å². The lowest BCUT2D eigenvalue weighted by Crippen LogP contribution is -2.07. The van der Waals surface area contributed by atoms with Gasteiger partial charge in [-0.15, -0.1) is 0 Å². The molecule has 1 N–H and O–H groups in total. The number of pyridine rings is 1. The lowest BCUT2D eigenvalue weighted by Gasteiger charge is -2.18. The van der Waals surface area contributed by atoms with Crippen LogP contribution in [0.1, 0.15) is 34.1 Å². The predicted molar refractivity (Wildman–Crippen MR) is 115 cm³/mol. The fourth-order valence-corrected chi connectivity index (χ4v) is 3.59. The van der Waals surface area contributed by atoms with Crippen molar-refractivity contribution in [2.24, 2.45) is 0 Å². The summed E-state index contributed by atoms with van der Waals surface area (Å²) in [4.78, 5) is 8.78. The highest BCUT2D eigenvalue weighted by Crippen LogP contribution is 2.31. The summed E-state index contributed by atoms with van der Waals surface area (Å²) in [5.41, 5.74) is 4.38. The molecule has 31 heavy (non-hydrogen) atoms. The van der Waals surface area contributed by atoms with E-state index < -0.39 is 11.6 Å². The van der Waals surface area contributed by atoms with Crippen molar-refractivity contribution in [3.8, 4) is 11.4 Å². The summed E-state index contributed by atoms with van der Waals surface area (Å²) in [6.07, 6.45) is 1.97. The average molecular weight is 420 g/mol. The SMILES string of the molecule is CNc1ncccc1-c1noc(CC(c2cc(F)cc(F)c2)c2ccc(C)c(C)c2)n1. The van der Waals surface area contributed by atoms with Crippen molar-refractivity contribution in [1.29, 1.82) is 0 Å². The molecule has 0 amide bonds. The zero-order valence-corrected chi connectivity index (χ0v) is 17.5. The second-order valence-corrected chi connectivity index (χ2v) is 7.46. The zero-order chi connectivity index (χ0) is 22.0. The molecule has 4 rings (SSSR count). The van der Waals surface area contributed by atoms with Crippen molar-refractivity contribution in [2.75, 3.05) is 12.4 Å². The van der Waals surface area contributed by atoms with Crippen LogP contribution in [0.15, 0.2) is 59.3 Å². The number of anilines is 1. The fraction of sp³-hybridized carbons (Fsp3) is 0.208. The molecule has 158 valence electrons. The maximum Gasteiger partial charge on any atom is 0.227 e. The molecule has 1 atom stereocenters. The lowest BCUT2D eigenvalue weighted by atomic mass is 9.87. The Morgan fingerprint density at radius 2 is 1.74 bits per heavy atom. The molecule has 0 spiro atoms. The van der Waals surface area contributed by atoms with Gasteiger partial charge in [0, 0.05) is 31.6 Å². The van der Waals surface area contributed by atoms with E-state index in [0.717, 1.165) is 22.8 Å². The summed E-state index contributed by atoms with van der Waals surface area (Å²) in [6.45, 7) is 4.03. The first-order valence-corrected chi connectivity index (χ1v) is 9.93. The van der Waals surface area contributed by atoms with Gasteiger partial charge in [0.15, 0.2) is 0 Å². The Kier molecular flexibility index (Phi) is 5.75. The summed E-state index contributed by atoms with van der Waals surface area (Å²) < 4.78 is 33.5. The van der Waals surface area contributed by atoms with Gasteiger partial charge in [0.25, 0.3) is 0 Å². The Labute approximate surface area is 179 Å². The molecule has 0 fully saturated rings. The van der Waals surface area contributed by atoms with Gasteiger partial charge in [-0.1, -0.05) is 23.4 Å². The molecule has 1 unspecified atom stereocenters. The lowest BCUT2D eigenvalue weighted by molar-refractivity contribution is 0.374. The molecule has 0 bridgehead atoms. The molecular weight excluding hydrogens is 398 g/mol. The molecular formula is C24H22F2N4O. The molecule has 4 aromatic rings. The molecule has 0 aliphatic carbocycles. The van der Waals surface area contributed by atoms with Crippen LogP contribution in [0.25, 0.3) is 11.4 Å². The van der Waals surface area contributed by atoms with E-state index in [1.807, 2.05) is 38.1 Å². The molecule has 0 saturated carbocycles. The number of hydrogen-bond acceptors (Lipinski definition) is 5. The fourth-order valence-electron chi connectivity index (χ4n) is 3.59. The molecule has 2 aromatic heterocycles. The number of nitrogens with zero attached hydrogens (tertiary/aromatic N) is 3. The number of aryl methyl sites for hydroxylation is 2. The molecule has 2 heterocycles. The third kappa shape index (κ3) is 4.45. The van der Waals surface area contributed by atoms with Crippen molar-refractivity contribution in [3.05, 3.63) is 94.5 Å². The molecule has 5 nitrogen and oxygen atoms in total. The molecule has 0 radical (unpaired) electrons. The number of halogens is 2. The highest BCUT2D eigenvalue weighted by atomic mass is 19.1. The largest absolute Gasteiger partial charge is 0.373 e. The number of hydrogen-bond donors (Lipinski definition) is 1. The minimum atomic E-state index is -0.621. The number of rotatable bonds is 6. The van der Waals surface area contributed by atoms with Crippen LogP contribution in [0.4, 0.5) is 14.6 Å². The van der Waals surface area contributed by atoms with Crippen LogP contribution < -0.4 is 5.32 Å². The van der Waals surface area contributed by atoms with E-state index in [0.29, 0.717) is 35.1 Å². The van der Waals surface area contributed by atoms with E-state index in [9.17, 15) is 8.78 Å². The van der Waals surface area contributed by atoms with Crippen molar-refractivity contribution in [2.45, 2.75) is 26.2 Å². The standard InChI is InChI=1S/C24H22F2N4O/c1-14-6-7-16(9-15(14)2)21(17-10-18(25)12-19(26)11-17)13-22-29-24(30-31-22)20-5-4-8-28-23(20)27-3/h4-12,21H,13H2,1-3H3,(H,27,28). The minimum absolute atomic E-state index is 0.299. The van der Waals surface area contributed by atoms with Gasteiger partial charge in [-0.2, -0.15) is 4.98 Å². The number of benzene rings is 2. The maximum absolute atomic E-state index is 14.0. The predicted octanol–water partition coefficient (Wildman–Crippen LogP) is 5.44. The van der Waals surface area contributed by atoms with Crippen LogP contribution in [0.5, 0.6) is 0 Å². The first-order chi connectivity index (χ1) is 14.9. The van der Waals surface area contributed by atoms with Crippen molar-refractivity contribution in [1.82, 2.24) is 15.1 Å². The summed E-state index contributed by atoms with van der Waals surface area (Å²) >= 11 is 0. The van der Waals surface area contributed by atoms with Crippen molar-refractivity contribution < 1.29 is 13.3 Å². The van der Waals surface area contributed by atoms with E-state index >= 15 is 0 Å². The molecule has 0 aliphatic rings. The first kappa shape index (κ1) is 20.7. The van der Waals surface area contributed by atoms with Crippen LogP contribution in [0.2, 0.25) is 0 Å². The Morgan fingerprint density at radius 1 is 0.968 bits per heavy atom. The van der Waals surface area contributed by atoms with E-state index in [-0.39, 0.29) is 5.92 Å². The topological polar surface area (TPSA) is 63.8 Å². The summed E-state index contributed by atoms with van der Waals surface area (Å²) in [6, 6.07) is 13.2. The zero-order valence-electron chi connectivity index (χ0n) is 17.5. The number of nitrogens with one attached hydrogen (secondary N) is 1. The molecule has 0 aliphatic heterocycles. The second kappa shape index (κ2) is 8.63. The van der Waals surface area contributed by atoms with Gasteiger partial charge in [-0.3, -0.25) is 0 Å². The van der Waals surface area contributed by atoms with E-state index in [1.54, 1.807) is 19.3 Å². The summed E-state index contributed by atoms with van der Waals surface area (Å²) in [5.74, 6) is -0.193. The third-order valence-corrected chi connectivity index (χ3v) is 5.35. The van der Waals surface area contributed by atoms with Crippen LogP contribution in [0.3, 0.4) is 0 Å². The van der Waals surface area contributed by atoms with Gasteiger partial charge in [0.1, 0.15) is 17.5 Å². The van der Waals surface area contributed by atoms with Gasteiger partial charge in [0.05, 0.1) is 5.56 Å². The average Bonchev–Trinajstić information content (AvgIpc) is 3.22. The highest BCUT2D eigenvalue weighted by Gasteiger charge is 2.22. The first-order valence-electron chi connectivity index (χ1n) is 9.93. The van der Waals surface area contributed by atoms with Crippen LogP contribution in [0, 0.1) is 25.5 Å². The van der Waals surface area contributed by atoms with Gasteiger partial charge in [-0.25, -0.2) is 13.8 Å². The quantitative estimate of drug-likeness (QED) is 0.450. The van der Waals surface area contributed by atoms with E-state index in [2.05, 4.69) is 20.4 Å². The van der Waals surface area contributed by atoms with Crippen LogP contribution in [-0.4, -0.2) is 22.2 Å². The van der Waals surface area contributed by atoms with Crippen LogP contribution in [-0.2, 0) is 6.42 Å². The Hall–Kier alpha value is -3.61. The Bertz CT molecular complexity index is 1200. The molecule has 0 saturated heterocycles. The van der Waals surface area contributed by atoms with Crippen molar-refractivity contribution >= 4 is 5.82 Å². The molecule has 7 heteroatoms. The highest BCUT2D eigenvalue weighted by molar-refractivity contribution is 5.69. The summed E-state index contributed by atoms with van der Waals surface area (Å²) in [5, 5.41) is 7.09. The van der Waals surface area contributed by atoms with E-state index in [4.69, 9.17) is 4.52 Å². The maximum atomic E-state index is 14.0. The Morgan fingerprint density at radius 3 is 2.45 bits per heavy atom. The summed E-state index contributed by atoms with van der Waals surface area (Å²) in [7, 11) is 1.76. The third-order valence-electron chi connectivity index (χ3n) is 5.35. The van der Waals surface area contributed by atoms with Gasteiger partial charge in [-0.05, 0) is 60.4 Å². The number of aromatic nitrogens is 3. The Balaban J connectivity index is 1.73. The monoisotopic (exact) mass is 420 g/mol. The second-order valence-electron chi connectivity index (χ2n) is 7.46.